The molecule has 0 spiro atoms. The monoisotopic (exact) mass is 385 g/mol. The molecule has 3 aromatic carbocycles. The van der Waals surface area contributed by atoms with Gasteiger partial charge >= 0.3 is 5.97 Å². The summed E-state index contributed by atoms with van der Waals surface area (Å²) in [6.45, 7) is 4.06. The highest BCUT2D eigenvalue weighted by Crippen LogP contribution is 2.31. The minimum Gasteiger partial charge on any atom is -0.454 e. The van der Waals surface area contributed by atoms with E-state index < -0.39 is 0 Å². The molecule has 1 aliphatic heterocycles. The second-order valence-electron chi connectivity index (χ2n) is 7.30. The number of benzene rings is 3. The summed E-state index contributed by atoms with van der Waals surface area (Å²) in [5.41, 5.74) is 5.85. The number of hydrogen-bond acceptors (Lipinski definition) is 3. The van der Waals surface area contributed by atoms with Gasteiger partial charge in [-0.2, -0.15) is 0 Å². The molecule has 146 valence electrons. The smallest absolute Gasteiger partial charge is 0.339 e. The number of nitrogens with one attached hydrogen (secondary N) is 1. The molecule has 1 atom stereocenters. The normalized spacial score (nSPS) is 15.4. The van der Waals surface area contributed by atoms with Gasteiger partial charge < -0.3 is 10.1 Å². The maximum Gasteiger partial charge on any atom is 0.339 e. The van der Waals surface area contributed by atoms with Crippen molar-refractivity contribution in [2.45, 2.75) is 32.8 Å². The Morgan fingerprint density at radius 2 is 1.86 bits per heavy atom. The lowest BCUT2D eigenvalue weighted by Crippen LogP contribution is -2.23. The Labute approximate surface area is 170 Å². The predicted octanol–water partition coefficient (Wildman–Crippen LogP) is 5.26. The number of aryl methyl sites for hydroxylation is 2. The standard InChI is InChI=1S/C25H23NO3/c1-3-17-11-7-8-16(2)23(17)26-24(27)19-12-13-21-20(14-19)15-22(29-25(21)28)18-9-5-4-6-10-18/h4-14,22H,3,15H2,1-2H3,(H,26,27)/t22-/m0/s1. The third kappa shape index (κ3) is 3.79. The molecule has 0 saturated carbocycles. The Hall–Kier alpha value is -3.40. The third-order valence-corrected chi connectivity index (χ3v) is 5.39. The number of ether oxygens (including phenoxy) is 1. The molecule has 0 bridgehead atoms. The molecule has 0 fully saturated rings. The first-order chi connectivity index (χ1) is 14.1. The van der Waals surface area contributed by atoms with Crippen molar-refractivity contribution >= 4 is 17.6 Å². The highest BCUT2D eigenvalue weighted by atomic mass is 16.5. The average molecular weight is 385 g/mol. The van der Waals surface area contributed by atoms with E-state index in [9.17, 15) is 9.59 Å². The molecule has 4 nitrogen and oxygen atoms in total. The number of cyclic esters (lactones) is 1. The molecule has 4 heteroatoms. The zero-order valence-corrected chi connectivity index (χ0v) is 16.6. The summed E-state index contributed by atoms with van der Waals surface area (Å²) in [7, 11) is 0. The Kier molecular flexibility index (Phi) is 5.17. The fourth-order valence-corrected chi connectivity index (χ4v) is 3.78. The fourth-order valence-electron chi connectivity index (χ4n) is 3.78. The quantitative estimate of drug-likeness (QED) is 0.623. The Balaban J connectivity index is 1.61. The van der Waals surface area contributed by atoms with Gasteiger partial charge in [0.1, 0.15) is 6.10 Å². The lowest BCUT2D eigenvalue weighted by atomic mass is 9.93. The molecule has 4 rings (SSSR count). The summed E-state index contributed by atoms with van der Waals surface area (Å²) < 4.78 is 5.60. The van der Waals surface area contributed by atoms with E-state index in [4.69, 9.17) is 4.74 Å². The van der Waals surface area contributed by atoms with Gasteiger partial charge in [0.25, 0.3) is 5.91 Å². The van der Waals surface area contributed by atoms with Crippen molar-refractivity contribution in [3.63, 3.8) is 0 Å². The van der Waals surface area contributed by atoms with Crippen LogP contribution in [0.5, 0.6) is 0 Å². The number of carbonyl (C=O) groups excluding carboxylic acids is 2. The molecule has 0 unspecified atom stereocenters. The van der Waals surface area contributed by atoms with E-state index in [1.165, 1.54) is 0 Å². The number of hydrogen-bond donors (Lipinski definition) is 1. The first-order valence-corrected chi connectivity index (χ1v) is 9.85. The molecule has 29 heavy (non-hydrogen) atoms. The molecule has 1 heterocycles. The summed E-state index contributed by atoms with van der Waals surface area (Å²) in [4.78, 5) is 25.4. The van der Waals surface area contributed by atoms with Crippen LogP contribution in [0, 0.1) is 6.92 Å². The number of anilines is 1. The fraction of sp³-hybridized carbons (Fsp3) is 0.200. The molecule has 1 amide bonds. The van der Waals surface area contributed by atoms with Gasteiger partial charge in [0, 0.05) is 17.7 Å². The van der Waals surface area contributed by atoms with Crippen molar-refractivity contribution in [3.05, 3.63) is 100 Å². The first-order valence-electron chi connectivity index (χ1n) is 9.85. The lowest BCUT2D eigenvalue weighted by Gasteiger charge is -2.25. The number of esters is 1. The van der Waals surface area contributed by atoms with Crippen LogP contribution in [0.25, 0.3) is 0 Å². The van der Waals surface area contributed by atoms with Gasteiger partial charge in [-0.1, -0.05) is 55.5 Å². The van der Waals surface area contributed by atoms with Gasteiger partial charge in [0.2, 0.25) is 0 Å². The highest BCUT2D eigenvalue weighted by Gasteiger charge is 2.28. The van der Waals surface area contributed by atoms with E-state index >= 15 is 0 Å². The van der Waals surface area contributed by atoms with Gasteiger partial charge in [-0.15, -0.1) is 0 Å². The van der Waals surface area contributed by atoms with Crippen molar-refractivity contribution < 1.29 is 14.3 Å². The minimum atomic E-state index is -0.348. The van der Waals surface area contributed by atoms with Crippen LogP contribution in [0.3, 0.4) is 0 Å². The topological polar surface area (TPSA) is 55.4 Å². The minimum absolute atomic E-state index is 0.174. The maximum absolute atomic E-state index is 12.9. The van der Waals surface area contributed by atoms with Crippen LogP contribution in [0.1, 0.15) is 56.0 Å². The Bertz CT molecular complexity index is 1070. The number of fused-ring (bicyclic) bond motifs is 1. The van der Waals surface area contributed by atoms with Crippen molar-refractivity contribution in [2.24, 2.45) is 0 Å². The van der Waals surface area contributed by atoms with E-state index in [2.05, 4.69) is 12.2 Å². The van der Waals surface area contributed by atoms with E-state index in [1.807, 2.05) is 61.5 Å². The Morgan fingerprint density at radius 1 is 1.07 bits per heavy atom. The first kappa shape index (κ1) is 18.9. The predicted molar refractivity (Wildman–Crippen MR) is 113 cm³/mol. The molecule has 0 aliphatic carbocycles. The van der Waals surface area contributed by atoms with Crippen LogP contribution in [0.15, 0.2) is 66.7 Å². The second-order valence-corrected chi connectivity index (χ2v) is 7.30. The maximum atomic E-state index is 12.9. The molecule has 1 aliphatic rings. The zero-order valence-electron chi connectivity index (χ0n) is 16.6. The Morgan fingerprint density at radius 3 is 2.62 bits per heavy atom. The van der Waals surface area contributed by atoms with Crippen LogP contribution in [0.4, 0.5) is 5.69 Å². The molecule has 0 aromatic heterocycles. The van der Waals surface area contributed by atoms with E-state index in [0.717, 1.165) is 34.4 Å². The number of amides is 1. The molecule has 0 radical (unpaired) electrons. The third-order valence-electron chi connectivity index (χ3n) is 5.39. The van der Waals surface area contributed by atoms with Gasteiger partial charge in [-0.3, -0.25) is 4.79 Å². The van der Waals surface area contributed by atoms with Crippen molar-refractivity contribution in [2.75, 3.05) is 5.32 Å². The number of rotatable bonds is 4. The molecule has 3 aromatic rings. The average Bonchev–Trinajstić information content (AvgIpc) is 2.75. The van der Waals surface area contributed by atoms with Crippen LogP contribution >= 0.6 is 0 Å². The number of para-hydroxylation sites is 1. The van der Waals surface area contributed by atoms with Crippen LogP contribution in [-0.2, 0) is 17.6 Å². The van der Waals surface area contributed by atoms with Crippen molar-refractivity contribution in [1.29, 1.82) is 0 Å². The number of carbonyl (C=O) groups is 2. The summed E-state index contributed by atoms with van der Waals surface area (Å²) >= 11 is 0. The second kappa shape index (κ2) is 7.92. The van der Waals surface area contributed by atoms with Gasteiger partial charge in [0.15, 0.2) is 0 Å². The van der Waals surface area contributed by atoms with Crippen molar-refractivity contribution in [3.8, 4) is 0 Å². The highest BCUT2D eigenvalue weighted by molar-refractivity contribution is 6.06. The van der Waals surface area contributed by atoms with E-state index in [1.54, 1.807) is 12.1 Å². The van der Waals surface area contributed by atoms with Crippen LogP contribution < -0.4 is 5.32 Å². The van der Waals surface area contributed by atoms with Crippen molar-refractivity contribution in [1.82, 2.24) is 0 Å². The summed E-state index contributed by atoms with van der Waals surface area (Å²) in [6.07, 6.45) is 1.06. The van der Waals surface area contributed by atoms with Crippen LogP contribution in [0.2, 0.25) is 0 Å². The SMILES string of the molecule is CCc1cccc(C)c1NC(=O)c1ccc2c(c1)C[C@@H](c1ccccc1)OC2=O. The van der Waals surface area contributed by atoms with Gasteiger partial charge in [0.05, 0.1) is 5.56 Å². The summed E-state index contributed by atoms with van der Waals surface area (Å²) in [5, 5.41) is 3.05. The molecular weight excluding hydrogens is 362 g/mol. The van der Waals surface area contributed by atoms with Gasteiger partial charge in [-0.25, -0.2) is 4.79 Å². The molecule has 1 N–H and O–H groups in total. The molecular formula is C25H23NO3. The van der Waals surface area contributed by atoms with Crippen LogP contribution in [-0.4, -0.2) is 11.9 Å². The zero-order chi connectivity index (χ0) is 20.4. The van der Waals surface area contributed by atoms with Gasteiger partial charge in [-0.05, 0) is 53.8 Å². The lowest BCUT2D eigenvalue weighted by molar-refractivity contribution is 0.0252. The summed E-state index contributed by atoms with van der Waals surface area (Å²) in [6, 6.07) is 20.9. The van der Waals surface area contributed by atoms with E-state index in [0.29, 0.717) is 17.5 Å². The van der Waals surface area contributed by atoms with E-state index in [-0.39, 0.29) is 18.0 Å². The summed E-state index contributed by atoms with van der Waals surface area (Å²) in [5.74, 6) is -0.522. The largest absolute Gasteiger partial charge is 0.454 e. The molecule has 0 saturated heterocycles.